The fourth-order valence-corrected chi connectivity index (χ4v) is 1.61. The van der Waals surface area contributed by atoms with Gasteiger partial charge in [-0.25, -0.2) is 4.39 Å². The topological polar surface area (TPSA) is 56.0 Å². The summed E-state index contributed by atoms with van der Waals surface area (Å²) in [7, 11) is 0. The molecule has 1 rings (SSSR count). The van der Waals surface area contributed by atoms with E-state index in [0.29, 0.717) is 17.7 Å². The van der Waals surface area contributed by atoms with Crippen LogP contribution >= 0.6 is 0 Å². The minimum atomic E-state index is -0.437. The first-order valence-electron chi connectivity index (χ1n) is 5.65. The second-order valence-electron chi connectivity index (χ2n) is 4.31. The molecule has 0 amide bonds. The maximum atomic E-state index is 13.6. The Morgan fingerprint density at radius 2 is 2.18 bits per heavy atom. The van der Waals surface area contributed by atoms with E-state index >= 15 is 0 Å². The van der Waals surface area contributed by atoms with Crippen LogP contribution in [0, 0.1) is 23.1 Å². The second kappa shape index (κ2) is 6.21. The SMILES string of the molecule is CC(C)[C@H](CCO)Nc1ccc(C#N)cc1F. The van der Waals surface area contributed by atoms with Gasteiger partial charge in [0.2, 0.25) is 0 Å². The standard InChI is InChI=1S/C13H17FN2O/c1-9(2)12(5-6-17)16-13-4-3-10(8-15)7-11(13)14/h3-4,7,9,12,16-17H,5-6H2,1-2H3/t12-/m0/s1. The molecule has 0 aromatic heterocycles. The molecule has 4 heteroatoms. The van der Waals surface area contributed by atoms with Gasteiger partial charge in [-0.3, -0.25) is 0 Å². The molecule has 0 aliphatic heterocycles. The lowest BCUT2D eigenvalue weighted by Gasteiger charge is -2.23. The largest absolute Gasteiger partial charge is 0.396 e. The Kier molecular flexibility index (Phi) is 4.92. The fourth-order valence-electron chi connectivity index (χ4n) is 1.61. The van der Waals surface area contributed by atoms with Crippen LogP contribution in [0.25, 0.3) is 0 Å². The molecule has 1 aromatic carbocycles. The maximum absolute atomic E-state index is 13.6. The van der Waals surface area contributed by atoms with Crippen molar-refractivity contribution in [2.24, 2.45) is 5.92 Å². The van der Waals surface area contributed by atoms with Crippen LogP contribution in [-0.2, 0) is 0 Å². The van der Waals surface area contributed by atoms with Crippen LogP contribution < -0.4 is 5.32 Å². The van der Waals surface area contributed by atoms with Crippen molar-refractivity contribution in [3.8, 4) is 6.07 Å². The molecule has 0 radical (unpaired) electrons. The summed E-state index contributed by atoms with van der Waals surface area (Å²) < 4.78 is 13.6. The quantitative estimate of drug-likeness (QED) is 0.826. The summed E-state index contributed by atoms with van der Waals surface area (Å²) in [6, 6.07) is 6.24. The van der Waals surface area contributed by atoms with Crippen LogP contribution in [-0.4, -0.2) is 17.8 Å². The first kappa shape index (κ1) is 13.5. The van der Waals surface area contributed by atoms with E-state index in [1.807, 2.05) is 19.9 Å². The third-order valence-electron chi connectivity index (χ3n) is 2.68. The first-order valence-corrected chi connectivity index (χ1v) is 5.65. The molecule has 2 N–H and O–H groups in total. The number of aliphatic hydroxyl groups excluding tert-OH is 1. The number of halogens is 1. The van der Waals surface area contributed by atoms with Gasteiger partial charge in [0, 0.05) is 12.6 Å². The molecule has 0 saturated carbocycles. The molecule has 0 aliphatic rings. The van der Waals surface area contributed by atoms with E-state index in [1.54, 1.807) is 12.1 Å². The number of rotatable bonds is 5. The van der Waals surface area contributed by atoms with Gasteiger partial charge in [-0.2, -0.15) is 5.26 Å². The van der Waals surface area contributed by atoms with Crippen molar-refractivity contribution < 1.29 is 9.50 Å². The monoisotopic (exact) mass is 236 g/mol. The van der Waals surface area contributed by atoms with Gasteiger partial charge < -0.3 is 10.4 Å². The molecule has 1 atom stereocenters. The van der Waals surface area contributed by atoms with Crippen LogP contribution in [0.2, 0.25) is 0 Å². The van der Waals surface area contributed by atoms with Crippen molar-refractivity contribution in [3.63, 3.8) is 0 Å². The Balaban J connectivity index is 2.83. The summed E-state index contributed by atoms with van der Waals surface area (Å²) in [6.45, 7) is 4.08. The van der Waals surface area contributed by atoms with Gasteiger partial charge in [0.25, 0.3) is 0 Å². The average molecular weight is 236 g/mol. The number of benzene rings is 1. The van der Waals surface area contributed by atoms with Gasteiger partial charge >= 0.3 is 0 Å². The van der Waals surface area contributed by atoms with E-state index in [9.17, 15) is 4.39 Å². The summed E-state index contributed by atoms with van der Waals surface area (Å²) >= 11 is 0. The molecule has 0 saturated heterocycles. The molecule has 92 valence electrons. The number of hydrogen-bond donors (Lipinski definition) is 2. The highest BCUT2D eigenvalue weighted by Gasteiger charge is 2.14. The molecule has 0 spiro atoms. The Hall–Kier alpha value is -1.60. The van der Waals surface area contributed by atoms with Crippen molar-refractivity contribution in [2.75, 3.05) is 11.9 Å². The molecule has 0 aliphatic carbocycles. The number of anilines is 1. The highest BCUT2D eigenvalue weighted by molar-refractivity contribution is 5.49. The summed E-state index contributed by atoms with van der Waals surface area (Å²) in [5, 5.41) is 20.6. The van der Waals surface area contributed by atoms with Gasteiger partial charge in [0.15, 0.2) is 0 Å². The number of nitrogens with zero attached hydrogens (tertiary/aromatic N) is 1. The molecule has 3 nitrogen and oxygen atoms in total. The smallest absolute Gasteiger partial charge is 0.147 e. The molecular formula is C13H17FN2O. The van der Waals surface area contributed by atoms with Gasteiger partial charge in [-0.1, -0.05) is 13.8 Å². The molecule has 0 unspecified atom stereocenters. The molecule has 0 bridgehead atoms. The average Bonchev–Trinajstić information content (AvgIpc) is 2.30. The number of nitrogens with one attached hydrogen (secondary N) is 1. The van der Waals surface area contributed by atoms with Crippen molar-refractivity contribution in [1.29, 1.82) is 5.26 Å². The molecule has 0 fully saturated rings. The predicted octanol–water partition coefficient (Wildman–Crippen LogP) is 2.52. The number of hydrogen-bond acceptors (Lipinski definition) is 3. The van der Waals surface area contributed by atoms with Crippen LogP contribution in [0.1, 0.15) is 25.8 Å². The van der Waals surface area contributed by atoms with E-state index in [-0.39, 0.29) is 18.6 Å². The maximum Gasteiger partial charge on any atom is 0.147 e. The van der Waals surface area contributed by atoms with Gasteiger partial charge in [0.1, 0.15) is 5.82 Å². The fraction of sp³-hybridized carbons (Fsp3) is 0.462. The number of nitriles is 1. The summed E-state index contributed by atoms with van der Waals surface area (Å²) in [5.41, 5.74) is 0.674. The summed E-state index contributed by atoms with van der Waals surface area (Å²) in [4.78, 5) is 0. The summed E-state index contributed by atoms with van der Waals surface area (Å²) in [6.07, 6.45) is 0.567. The second-order valence-corrected chi connectivity index (χ2v) is 4.31. The third-order valence-corrected chi connectivity index (χ3v) is 2.68. The van der Waals surface area contributed by atoms with E-state index in [0.717, 1.165) is 0 Å². The molecule has 17 heavy (non-hydrogen) atoms. The highest BCUT2D eigenvalue weighted by atomic mass is 19.1. The van der Waals surface area contributed by atoms with Crippen LogP contribution in [0.5, 0.6) is 0 Å². The van der Waals surface area contributed by atoms with E-state index in [2.05, 4.69) is 5.32 Å². The van der Waals surface area contributed by atoms with Crippen molar-refractivity contribution >= 4 is 5.69 Å². The van der Waals surface area contributed by atoms with E-state index in [4.69, 9.17) is 10.4 Å². The Morgan fingerprint density at radius 3 is 2.65 bits per heavy atom. The highest BCUT2D eigenvalue weighted by Crippen LogP contribution is 2.19. The van der Waals surface area contributed by atoms with Gasteiger partial charge in [-0.05, 0) is 30.5 Å². The van der Waals surface area contributed by atoms with E-state index in [1.165, 1.54) is 6.07 Å². The zero-order valence-electron chi connectivity index (χ0n) is 10.1. The minimum absolute atomic E-state index is 0.0161. The lowest BCUT2D eigenvalue weighted by Crippen LogP contribution is -2.27. The van der Waals surface area contributed by atoms with Crippen molar-refractivity contribution in [2.45, 2.75) is 26.3 Å². The zero-order chi connectivity index (χ0) is 12.8. The molecule has 0 heterocycles. The lowest BCUT2D eigenvalue weighted by atomic mass is 10.0. The van der Waals surface area contributed by atoms with E-state index < -0.39 is 5.82 Å². The Bertz CT molecular complexity index is 412. The Morgan fingerprint density at radius 1 is 1.47 bits per heavy atom. The van der Waals surface area contributed by atoms with Gasteiger partial charge in [0.05, 0.1) is 17.3 Å². The zero-order valence-corrected chi connectivity index (χ0v) is 10.1. The molecule has 1 aromatic rings. The van der Waals surface area contributed by atoms with Crippen molar-refractivity contribution in [3.05, 3.63) is 29.6 Å². The number of aliphatic hydroxyl groups is 1. The van der Waals surface area contributed by atoms with Crippen LogP contribution in [0.4, 0.5) is 10.1 Å². The van der Waals surface area contributed by atoms with Crippen LogP contribution in [0.3, 0.4) is 0 Å². The third kappa shape index (κ3) is 3.72. The lowest BCUT2D eigenvalue weighted by molar-refractivity contribution is 0.267. The van der Waals surface area contributed by atoms with Crippen LogP contribution in [0.15, 0.2) is 18.2 Å². The summed E-state index contributed by atoms with van der Waals surface area (Å²) in [5.74, 6) is -0.148. The van der Waals surface area contributed by atoms with Crippen molar-refractivity contribution in [1.82, 2.24) is 0 Å². The Labute approximate surface area is 101 Å². The first-order chi connectivity index (χ1) is 8.08. The minimum Gasteiger partial charge on any atom is -0.396 e. The molecular weight excluding hydrogens is 219 g/mol. The van der Waals surface area contributed by atoms with Gasteiger partial charge in [-0.15, -0.1) is 0 Å². The normalized spacial score (nSPS) is 12.2. The predicted molar refractivity (Wildman–Crippen MR) is 65.1 cm³/mol.